The summed E-state index contributed by atoms with van der Waals surface area (Å²) < 4.78 is 0. The summed E-state index contributed by atoms with van der Waals surface area (Å²) in [7, 11) is 0. The first-order valence-corrected chi connectivity index (χ1v) is 4.60. The molecule has 2 heteroatoms. The number of anilines is 1. The summed E-state index contributed by atoms with van der Waals surface area (Å²) in [4.78, 5) is 4.30. The fraction of sp³-hybridized carbons (Fsp3) is 0.545. The van der Waals surface area contributed by atoms with E-state index in [1.165, 1.54) is 5.56 Å². The van der Waals surface area contributed by atoms with Crippen LogP contribution in [0.4, 0.5) is 5.82 Å². The van der Waals surface area contributed by atoms with Crippen LogP contribution in [0.3, 0.4) is 0 Å². The lowest BCUT2D eigenvalue weighted by molar-refractivity contribution is 0.406. The Labute approximate surface area is 80.2 Å². The summed E-state index contributed by atoms with van der Waals surface area (Å²) in [5.74, 6) is 0.624. The number of aryl methyl sites for hydroxylation is 1. The molecule has 0 amide bonds. The van der Waals surface area contributed by atoms with Crippen molar-refractivity contribution in [1.29, 1.82) is 0 Å². The maximum atomic E-state index is 5.67. The second kappa shape index (κ2) is 3.36. The van der Waals surface area contributed by atoms with Crippen LogP contribution in [0.25, 0.3) is 0 Å². The molecule has 0 bridgehead atoms. The van der Waals surface area contributed by atoms with E-state index in [4.69, 9.17) is 5.73 Å². The predicted molar refractivity (Wildman–Crippen MR) is 56.5 cm³/mol. The summed E-state index contributed by atoms with van der Waals surface area (Å²) in [6.45, 7) is 8.65. The highest BCUT2D eigenvalue weighted by molar-refractivity contribution is 5.34. The van der Waals surface area contributed by atoms with Crippen molar-refractivity contribution >= 4 is 5.82 Å². The van der Waals surface area contributed by atoms with E-state index in [2.05, 4.69) is 31.8 Å². The van der Waals surface area contributed by atoms with Crippen LogP contribution >= 0.6 is 0 Å². The molecule has 72 valence electrons. The highest BCUT2D eigenvalue weighted by Crippen LogP contribution is 2.20. The largest absolute Gasteiger partial charge is 0.384 e. The molecule has 0 aromatic carbocycles. The number of nitrogens with two attached hydrogens (primary N) is 1. The molecule has 2 nitrogen and oxygen atoms in total. The Kier molecular flexibility index (Phi) is 2.60. The van der Waals surface area contributed by atoms with Gasteiger partial charge < -0.3 is 5.73 Å². The smallest absolute Gasteiger partial charge is 0.123 e. The first kappa shape index (κ1) is 10.0. The van der Waals surface area contributed by atoms with Crippen LogP contribution in [-0.2, 0) is 6.42 Å². The highest BCUT2D eigenvalue weighted by Gasteiger charge is 2.12. The molecular weight excluding hydrogens is 160 g/mol. The molecule has 1 heterocycles. The Bertz CT molecular complexity index is 277. The van der Waals surface area contributed by atoms with Gasteiger partial charge in [0.2, 0.25) is 0 Å². The molecule has 0 saturated carbocycles. The third-order valence-electron chi connectivity index (χ3n) is 1.75. The molecule has 0 saturated heterocycles. The van der Waals surface area contributed by atoms with Gasteiger partial charge in [-0.2, -0.15) is 0 Å². The van der Waals surface area contributed by atoms with Crippen molar-refractivity contribution in [2.75, 3.05) is 5.73 Å². The van der Waals surface area contributed by atoms with E-state index in [1.54, 1.807) is 0 Å². The number of aromatic nitrogens is 1. The zero-order valence-corrected chi connectivity index (χ0v) is 8.89. The van der Waals surface area contributed by atoms with Crippen LogP contribution in [0, 0.1) is 12.3 Å². The maximum absolute atomic E-state index is 5.67. The molecule has 0 fully saturated rings. The Morgan fingerprint density at radius 1 is 1.31 bits per heavy atom. The Morgan fingerprint density at radius 2 is 1.92 bits per heavy atom. The lowest BCUT2D eigenvalue weighted by Gasteiger charge is -2.17. The van der Waals surface area contributed by atoms with E-state index in [0.29, 0.717) is 5.82 Å². The van der Waals surface area contributed by atoms with E-state index < -0.39 is 0 Å². The molecule has 1 aromatic heterocycles. The van der Waals surface area contributed by atoms with Gasteiger partial charge in [-0.15, -0.1) is 0 Å². The minimum atomic E-state index is 0.271. The Morgan fingerprint density at radius 3 is 2.38 bits per heavy atom. The van der Waals surface area contributed by atoms with E-state index in [9.17, 15) is 0 Å². The SMILES string of the molecule is Cc1cc(N)nc(CC(C)(C)C)c1. The normalized spacial score (nSPS) is 11.7. The van der Waals surface area contributed by atoms with Gasteiger partial charge in [-0.05, 0) is 36.5 Å². The van der Waals surface area contributed by atoms with E-state index in [1.807, 2.05) is 13.0 Å². The van der Waals surface area contributed by atoms with Crippen LogP contribution in [0.1, 0.15) is 32.0 Å². The van der Waals surface area contributed by atoms with Crippen LogP contribution in [0.5, 0.6) is 0 Å². The summed E-state index contributed by atoms with van der Waals surface area (Å²) in [6, 6.07) is 3.99. The second-order valence-corrected chi connectivity index (χ2v) is 4.80. The summed E-state index contributed by atoms with van der Waals surface area (Å²) in [6.07, 6.45) is 0.971. The van der Waals surface area contributed by atoms with Crippen molar-refractivity contribution in [3.63, 3.8) is 0 Å². The van der Waals surface area contributed by atoms with Gasteiger partial charge in [-0.25, -0.2) is 4.98 Å². The van der Waals surface area contributed by atoms with Gasteiger partial charge >= 0.3 is 0 Å². The zero-order chi connectivity index (χ0) is 10.1. The highest BCUT2D eigenvalue weighted by atomic mass is 14.8. The second-order valence-electron chi connectivity index (χ2n) is 4.80. The predicted octanol–water partition coefficient (Wildman–Crippen LogP) is 2.56. The number of nitrogen functional groups attached to an aromatic ring is 1. The molecule has 0 atom stereocenters. The van der Waals surface area contributed by atoms with Crippen LogP contribution in [0.15, 0.2) is 12.1 Å². The van der Waals surface area contributed by atoms with Crippen LogP contribution < -0.4 is 5.73 Å². The van der Waals surface area contributed by atoms with Crippen LogP contribution in [-0.4, -0.2) is 4.98 Å². The average molecular weight is 178 g/mol. The summed E-state index contributed by atoms with van der Waals surface area (Å²) in [5.41, 5.74) is 8.21. The van der Waals surface area contributed by atoms with Gasteiger partial charge in [0.15, 0.2) is 0 Å². The number of rotatable bonds is 1. The topological polar surface area (TPSA) is 38.9 Å². The molecule has 2 N–H and O–H groups in total. The molecule has 0 unspecified atom stereocenters. The van der Waals surface area contributed by atoms with Crippen molar-refractivity contribution in [1.82, 2.24) is 4.98 Å². The first-order valence-electron chi connectivity index (χ1n) is 4.60. The Balaban J connectivity index is 2.90. The zero-order valence-electron chi connectivity index (χ0n) is 8.89. The number of hydrogen-bond acceptors (Lipinski definition) is 2. The number of nitrogens with zero attached hydrogens (tertiary/aromatic N) is 1. The van der Waals surface area contributed by atoms with Gasteiger partial charge in [0.1, 0.15) is 5.82 Å². The standard InChI is InChI=1S/C11H18N2/c1-8-5-9(7-11(2,3)4)13-10(12)6-8/h5-6H,7H2,1-4H3,(H2,12,13). The third kappa shape index (κ3) is 3.45. The van der Waals surface area contributed by atoms with Crippen molar-refractivity contribution < 1.29 is 0 Å². The maximum Gasteiger partial charge on any atom is 0.123 e. The number of hydrogen-bond donors (Lipinski definition) is 1. The fourth-order valence-electron chi connectivity index (χ4n) is 1.40. The molecule has 1 rings (SSSR count). The van der Waals surface area contributed by atoms with Crippen molar-refractivity contribution in [2.45, 2.75) is 34.1 Å². The molecule has 0 aliphatic rings. The van der Waals surface area contributed by atoms with Gasteiger partial charge in [-0.3, -0.25) is 0 Å². The lowest BCUT2D eigenvalue weighted by Crippen LogP contribution is -2.11. The Hall–Kier alpha value is -1.05. The lowest BCUT2D eigenvalue weighted by atomic mass is 9.90. The minimum Gasteiger partial charge on any atom is -0.384 e. The number of pyridine rings is 1. The van der Waals surface area contributed by atoms with Crippen molar-refractivity contribution in [2.24, 2.45) is 5.41 Å². The van der Waals surface area contributed by atoms with Gasteiger partial charge in [0.25, 0.3) is 0 Å². The van der Waals surface area contributed by atoms with Crippen molar-refractivity contribution in [3.05, 3.63) is 23.4 Å². The van der Waals surface area contributed by atoms with E-state index in [0.717, 1.165) is 12.1 Å². The first-order chi connectivity index (χ1) is 5.87. The molecule has 0 spiro atoms. The quantitative estimate of drug-likeness (QED) is 0.717. The third-order valence-corrected chi connectivity index (χ3v) is 1.75. The van der Waals surface area contributed by atoms with Gasteiger partial charge in [-0.1, -0.05) is 20.8 Å². The fourth-order valence-corrected chi connectivity index (χ4v) is 1.40. The molecule has 13 heavy (non-hydrogen) atoms. The molecule has 0 aliphatic carbocycles. The van der Waals surface area contributed by atoms with Gasteiger partial charge in [0, 0.05) is 5.69 Å². The molecule has 0 aliphatic heterocycles. The summed E-state index contributed by atoms with van der Waals surface area (Å²) in [5, 5.41) is 0. The monoisotopic (exact) mass is 178 g/mol. The van der Waals surface area contributed by atoms with Crippen LogP contribution in [0.2, 0.25) is 0 Å². The molecule has 1 aromatic rings. The molecule has 0 radical (unpaired) electrons. The summed E-state index contributed by atoms with van der Waals surface area (Å²) >= 11 is 0. The van der Waals surface area contributed by atoms with E-state index >= 15 is 0 Å². The van der Waals surface area contributed by atoms with E-state index in [-0.39, 0.29) is 5.41 Å². The average Bonchev–Trinajstić information content (AvgIpc) is 1.78. The molecular formula is C11H18N2. The van der Waals surface area contributed by atoms with Crippen molar-refractivity contribution in [3.8, 4) is 0 Å². The minimum absolute atomic E-state index is 0.271. The van der Waals surface area contributed by atoms with Gasteiger partial charge in [0.05, 0.1) is 0 Å².